The van der Waals surface area contributed by atoms with Gasteiger partial charge in [-0.05, 0) is 61.7 Å². The van der Waals surface area contributed by atoms with Crippen LogP contribution >= 0.6 is 7.26 Å². The topological polar surface area (TPSA) is 12.0 Å². The Morgan fingerprint density at radius 3 is 1.53 bits per heavy atom. The molecule has 0 bridgehead atoms. The highest BCUT2D eigenvalue weighted by Crippen LogP contribution is 2.63. The molecule has 30 heavy (non-hydrogen) atoms. The van der Waals surface area contributed by atoms with Crippen LogP contribution in [0.3, 0.4) is 0 Å². The molecule has 156 valence electrons. The highest BCUT2D eigenvalue weighted by atomic mass is 31.2. The Hall–Kier alpha value is -1.95. The molecule has 1 N–H and O–H groups in total. The van der Waals surface area contributed by atoms with Crippen LogP contribution in [0.1, 0.15) is 39.0 Å². The molecule has 0 saturated heterocycles. The third-order valence-electron chi connectivity index (χ3n) is 6.79. The SMILES string of the molecule is CCNCC(C1CCCCC1)[P+](c1ccccc1)(c1ccccc1)c1ccccc1. The average molecular weight is 417 g/mol. The number of nitrogens with one attached hydrogen (secondary N) is 1. The Labute approximate surface area is 183 Å². The van der Waals surface area contributed by atoms with Crippen LogP contribution in [0.15, 0.2) is 91.0 Å². The molecule has 4 rings (SSSR count). The monoisotopic (exact) mass is 416 g/mol. The summed E-state index contributed by atoms with van der Waals surface area (Å²) in [4.78, 5) is 0. The molecule has 1 aliphatic rings. The first-order valence-electron chi connectivity index (χ1n) is 11.6. The standard InChI is InChI=1S/C28H35NP/c1-2-29-23-28(24-15-7-3-8-16-24)30(25-17-9-4-10-18-25,26-19-11-5-12-20-26)27-21-13-6-14-22-27/h4-6,9-14,17-22,24,28-29H,2-3,7-8,15-16,23H2,1H3/q+1. The van der Waals surface area contributed by atoms with Crippen molar-refractivity contribution in [2.75, 3.05) is 13.1 Å². The molecule has 1 fully saturated rings. The third-order valence-corrected chi connectivity index (χ3v) is 11.7. The lowest BCUT2D eigenvalue weighted by Crippen LogP contribution is -2.47. The van der Waals surface area contributed by atoms with E-state index in [1.54, 1.807) is 0 Å². The number of hydrogen-bond acceptors (Lipinski definition) is 1. The molecular formula is C28H35NP+. The highest BCUT2D eigenvalue weighted by molar-refractivity contribution is 7.96. The number of hydrogen-bond donors (Lipinski definition) is 1. The summed E-state index contributed by atoms with van der Waals surface area (Å²) < 4.78 is 0. The number of benzene rings is 3. The van der Waals surface area contributed by atoms with Crippen LogP contribution in [0.25, 0.3) is 0 Å². The summed E-state index contributed by atoms with van der Waals surface area (Å²) in [6, 6.07) is 34.3. The first-order valence-corrected chi connectivity index (χ1v) is 13.5. The van der Waals surface area contributed by atoms with Crippen molar-refractivity contribution in [2.45, 2.75) is 44.7 Å². The fraction of sp³-hybridized carbons (Fsp3) is 0.357. The number of rotatable bonds is 8. The summed E-state index contributed by atoms with van der Waals surface area (Å²) in [6.07, 6.45) is 6.89. The zero-order valence-electron chi connectivity index (χ0n) is 18.2. The van der Waals surface area contributed by atoms with Gasteiger partial charge in [0.25, 0.3) is 0 Å². The van der Waals surface area contributed by atoms with E-state index in [1.807, 2.05) is 0 Å². The fourth-order valence-electron chi connectivity index (χ4n) is 5.44. The molecule has 1 unspecified atom stereocenters. The zero-order valence-corrected chi connectivity index (χ0v) is 19.1. The van der Waals surface area contributed by atoms with Gasteiger partial charge in [-0.25, -0.2) is 0 Å². The average Bonchev–Trinajstić information content (AvgIpc) is 2.84. The first-order chi connectivity index (χ1) is 14.9. The predicted molar refractivity (Wildman–Crippen MR) is 134 cm³/mol. The van der Waals surface area contributed by atoms with E-state index in [0.717, 1.165) is 19.0 Å². The van der Waals surface area contributed by atoms with Crippen molar-refractivity contribution in [3.8, 4) is 0 Å². The first kappa shape index (κ1) is 21.3. The molecule has 1 nitrogen and oxygen atoms in total. The lowest BCUT2D eigenvalue weighted by Gasteiger charge is -2.40. The van der Waals surface area contributed by atoms with Gasteiger partial charge in [-0.3, -0.25) is 0 Å². The largest absolute Gasteiger partial charge is 0.313 e. The van der Waals surface area contributed by atoms with Crippen molar-refractivity contribution in [2.24, 2.45) is 5.92 Å². The fourth-order valence-corrected chi connectivity index (χ4v) is 10.7. The Kier molecular flexibility index (Phi) is 7.37. The highest BCUT2D eigenvalue weighted by Gasteiger charge is 2.54. The van der Waals surface area contributed by atoms with E-state index < -0.39 is 7.26 Å². The second kappa shape index (κ2) is 10.4. The molecular weight excluding hydrogens is 381 g/mol. The predicted octanol–water partition coefficient (Wildman–Crippen LogP) is 5.54. The summed E-state index contributed by atoms with van der Waals surface area (Å²) in [5, 5.41) is 8.36. The van der Waals surface area contributed by atoms with Crippen molar-refractivity contribution in [3.05, 3.63) is 91.0 Å². The molecule has 1 aliphatic carbocycles. The minimum atomic E-state index is -1.82. The van der Waals surface area contributed by atoms with Gasteiger partial charge in [-0.15, -0.1) is 0 Å². The van der Waals surface area contributed by atoms with E-state index in [0.29, 0.717) is 5.66 Å². The van der Waals surface area contributed by atoms with Crippen LogP contribution in [-0.2, 0) is 0 Å². The van der Waals surface area contributed by atoms with Crippen LogP contribution in [0.4, 0.5) is 0 Å². The van der Waals surface area contributed by atoms with Gasteiger partial charge in [0.15, 0.2) is 0 Å². The lowest BCUT2D eigenvalue weighted by molar-refractivity contribution is 0.340. The molecule has 3 aromatic carbocycles. The maximum atomic E-state index is 3.79. The van der Waals surface area contributed by atoms with Gasteiger partial charge in [0, 0.05) is 6.54 Å². The summed E-state index contributed by atoms with van der Waals surface area (Å²) in [5.41, 5.74) is 0.616. The van der Waals surface area contributed by atoms with Crippen molar-refractivity contribution >= 4 is 23.2 Å². The second-order valence-corrected chi connectivity index (χ2v) is 12.2. The van der Waals surface area contributed by atoms with E-state index >= 15 is 0 Å². The Morgan fingerprint density at radius 1 is 0.700 bits per heavy atom. The van der Waals surface area contributed by atoms with Gasteiger partial charge >= 0.3 is 0 Å². The molecule has 0 radical (unpaired) electrons. The molecule has 0 heterocycles. The molecule has 1 atom stereocenters. The summed E-state index contributed by atoms with van der Waals surface area (Å²) in [6.45, 7) is 4.36. The van der Waals surface area contributed by atoms with Gasteiger partial charge in [0.05, 0.1) is 5.66 Å². The molecule has 1 saturated carbocycles. The van der Waals surface area contributed by atoms with E-state index in [1.165, 1.54) is 48.0 Å². The normalized spacial score (nSPS) is 16.3. The molecule has 0 spiro atoms. The van der Waals surface area contributed by atoms with Gasteiger partial charge in [-0.1, -0.05) is 80.8 Å². The minimum absolute atomic E-state index is 0.616. The maximum absolute atomic E-state index is 3.79. The Morgan fingerprint density at radius 2 is 1.13 bits per heavy atom. The van der Waals surface area contributed by atoms with Gasteiger partial charge in [0.2, 0.25) is 0 Å². The minimum Gasteiger partial charge on any atom is -0.313 e. The van der Waals surface area contributed by atoms with Crippen molar-refractivity contribution in [1.29, 1.82) is 0 Å². The van der Waals surface area contributed by atoms with Gasteiger partial charge in [0.1, 0.15) is 23.2 Å². The summed E-state index contributed by atoms with van der Waals surface area (Å²) >= 11 is 0. The van der Waals surface area contributed by atoms with Crippen LogP contribution in [-0.4, -0.2) is 18.7 Å². The van der Waals surface area contributed by atoms with Gasteiger partial charge in [-0.2, -0.15) is 0 Å². The van der Waals surface area contributed by atoms with Crippen molar-refractivity contribution < 1.29 is 0 Å². The second-order valence-electron chi connectivity index (χ2n) is 8.50. The smallest absolute Gasteiger partial charge is 0.116 e. The van der Waals surface area contributed by atoms with Crippen LogP contribution in [0.2, 0.25) is 0 Å². The summed E-state index contributed by atoms with van der Waals surface area (Å²) in [7, 11) is -1.82. The lowest BCUT2D eigenvalue weighted by atomic mass is 9.86. The third kappa shape index (κ3) is 4.25. The molecule has 0 aliphatic heterocycles. The Balaban J connectivity index is 1.99. The molecule has 0 aromatic heterocycles. The van der Waals surface area contributed by atoms with Crippen LogP contribution in [0.5, 0.6) is 0 Å². The van der Waals surface area contributed by atoms with E-state index in [2.05, 4.69) is 103 Å². The van der Waals surface area contributed by atoms with Crippen LogP contribution in [0, 0.1) is 5.92 Å². The van der Waals surface area contributed by atoms with Crippen molar-refractivity contribution in [1.82, 2.24) is 5.32 Å². The maximum Gasteiger partial charge on any atom is 0.116 e. The van der Waals surface area contributed by atoms with Gasteiger partial charge < -0.3 is 5.32 Å². The summed E-state index contributed by atoms with van der Waals surface area (Å²) in [5.74, 6) is 0.770. The molecule has 2 heteroatoms. The van der Waals surface area contributed by atoms with E-state index in [4.69, 9.17) is 0 Å². The van der Waals surface area contributed by atoms with Crippen molar-refractivity contribution in [3.63, 3.8) is 0 Å². The van der Waals surface area contributed by atoms with Crippen LogP contribution < -0.4 is 21.2 Å². The van der Waals surface area contributed by atoms with E-state index in [-0.39, 0.29) is 0 Å². The van der Waals surface area contributed by atoms with E-state index in [9.17, 15) is 0 Å². The molecule has 0 amide bonds. The quantitative estimate of drug-likeness (QED) is 0.476. The molecule has 3 aromatic rings. The zero-order chi connectivity index (χ0) is 20.7. The Bertz CT molecular complexity index is 776.